The third-order valence-electron chi connectivity index (χ3n) is 6.54. The molecular formula is C18H26O4Si. The van der Waals surface area contributed by atoms with E-state index < -0.39 is 8.32 Å². The summed E-state index contributed by atoms with van der Waals surface area (Å²) in [5.74, 6) is -1.57. The van der Waals surface area contributed by atoms with Gasteiger partial charge in [-0.2, -0.15) is 0 Å². The number of hydrogen-bond acceptors (Lipinski definition) is 4. The first-order valence-electron chi connectivity index (χ1n) is 8.26. The second kappa shape index (κ2) is 4.90. The van der Waals surface area contributed by atoms with Crippen LogP contribution in [0.1, 0.15) is 20.8 Å². The van der Waals surface area contributed by atoms with E-state index in [1.54, 1.807) is 0 Å². The monoisotopic (exact) mass is 334 g/mol. The van der Waals surface area contributed by atoms with E-state index in [1.165, 1.54) is 0 Å². The summed E-state index contributed by atoms with van der Waals surface area (Å²) in [6.07, 6.45) is 6.03. The molecule has 0 spiro atoms. The molecule has 23 heavy (non-hydrogen) atoms. The van der Waals surface area contributed by atoms with Gasteiger partial charge in [-0.05, 0) is 18.1 Å². The highest BCUT2D eigenvalue weighted by atomic mass is 28.4. The van der Waals surface area contributed by atoms with Gasteiger partial charge in [0.1, 0.15) is 0 Å². The van der Waals surface area contributed by atoms with Crippen molar-refractivity contribution in [1.82, 2.24) is 0 Å². The van der Waals surface area contributed by atoms with Gasteiger partial charge in [0.15, 0.2) is 8.32 Å². The lowest BCUT2D eigenvalue weighted by Crippen LogP contribution is -2.45. The molecule has 3 aliphatic rings. The van der Waals surface area contributed by atoms with E-state index in [0.29, 0.717) is 6.61 Å². The number of carbonyl (C=O) groups excluding carboxylic acids is 2. The van der Waals surface area contributed by atoms with Gasteiger partial charge in [0.2, 0.25) is 0 Å². The normalized spacial score (nSPS) is 38.8. The summed E-state index contributed by atoms with van der Waals surface area (Å²) in [6.45, 7) is 15.6. The second-order valence-electron chi connectivity index (χ2n) is 8.59. The Hall–Kier alpha value is -1.20. The highest BCUT2D eigenvalue weighted by Gasteiger charge is 2.68. The minimum atomic E-state index is -1.91. The Morgan fingerprint density at radius 1 is 1.22 bits per heavy atom. The number of esters is 2. The maximum absolute atomic E-state index is 12.1. The van der Waals surface area contributed by atoms with Crippen LogP contribution in [0.4, 0.5) is 0 Å². The van der Waals surface area contributed by atoms with Crippen LogP contribution in [0.15, 0.2) is 24.8 Å². The zero-order valence-electron chi connectivity index (χ0n) is 14.6. The van der Waals surface area contributed by atoms with Crippen molar-refractivity contribution < 1.29 is 18.8 Å². The first-order valence-corrected chi connectivity index (χ1v) is 11.2. The zero-order valence-corrected chi connectivity index (χ0v) is 15.6. The zero-order chi connectivity index (χ0) is 17.2. The van der Waals surface area contributed by atoms with Gasteiger partial charge in [-0.25, -0.2) is 0 Å². The molecule has 1 unspecified atom stereocenters. The first kappa shape index (κ1) is 16.6. The number of allylic oxidation sites excluding steroid dienone is 2. The van der Waals surface area contributed by atoms with Crippen LogP contribution in [-0.4, -0.2) is 26.9 Å². The fraction of sp³-hybridized carbons (Fsp3) is 0.667. The van der Waals surface area contributed by atoms with E-state index in [0.717, 1.165) is 0 Å². The number of cyclic esters (lactones) is 2. The molecule has 0 aromatic rings. The molecule has 2 bridgehead atoms. The summed E-state index contributed by atoms with van der Waals surface area (Å²) < 4.78 is 11.3. The molecule has 2 fully saturated rings. The molecule has 0 amide bonds. The molecule has 5 heteroatoms. The summed E-state index contributed by atoms with van der Waals surface area (Å²) in [5.41, 5.74) is -0.361. The van der Waals surface area contributed by atoms with Gasteiger partial charge >= 0.3 is 11.9 Å². The van der Waals surface area contributed by atoms with Crippen LogP contribution in [0.5, 0.6) is 0 Å². The van der Waals surface area contributed by atoms with E-state index in [-0.39, 0.29) is 46.1 Å². The summed E-state index contributed by atoms with van der Waals surface area (Å²) in [4.78, 5) is 24.2. The lowest BCUT2D eigenvalue weighted by molar-refractivity contribution is -0.155. The molecule has 0 aromatic heterocycles. The highest BCUT2D eigenvalue weighted by molar-refractivity contribution is 6.74. The molecule has 0 radical (unpaired) electrons. The fourth-order valence-electron chi connectivity index (χ4n) is 4.04. The number of ether oxygens (including phenoxy) is 1. The van der Waals surface area contributed by atoms with Gasteiger partial charge in [0, 0.05) is 23.9 Å². The summed E-state index contributed by atoms with van der Waals surface area (Å²) in [7, 11) is -1.91. The SMILES string of the molecule is C=CC1(CO[Si](C)(C)C(C)(C)C)[C@@H]2C=C[C@H]1[C@H]1C(=O)OC(=O)[C@H]12. The maximum Gasteiger partial charge on any atom is 0.318 e. The summed E-state index contributed by atoms with van der Waals surface area (Å²) in [6, 6.07) is 0. The van der Waals surface area contributed by atoms with Crippen LogP contribution in [0.2, 0.25) is 18.1 Å². The lowest BCUT2D eigenvalue weighted by Gasteiger charge is -2.41. The summed E-state index contributed by atoms with van der Waals surface area (Å²) >= 11 is 0. The molecule has 2 aliphatic carbocycles. The third kappa shape index (κ3) is 2.13. The van der Waals surface area contributed by atoms with Crippen LogP contribution >= 0.6 is 0 Å². The van der Waals surface area contributed by atoms with Crippen LogP contribution in [0.3, 0.4) is 0 Å². The van der Waals surface area contributed by atoms with Crippen molar-refractivity contribution in [2.45, 2.75) is 38.9 Å². The quantitative estimate of drug-likeness (QED) is 0.342. The molecule has 0 aromatic carbocycles. The Labute approximate surface area is 139 Å². The predicted molar refractivity (Wildman–Crippen MR) is 90.0 cm³/mol. The Balaban J connectivity index is 1.88. The van der Waals surface area contributed by atoms with Crippen molar-refractivity contribution >= 4 is 20.3 Å². The molecule has 1 saturated heterocycles. The lowest BCUT2D eigenvalue weighted by atomic mass is 9.76. The van der Waals surface area contributed by atoms with Crippen molar-refractivity contribution in [2.24, 2.45) is 29.1 Å². The fourth-order valence-corrected chi connectivity index (χ4v) is 5.09. The van der Waals surface area contributed by atoms with Gasteiger partial charge in [-0.1, -0.05) is 39.0 Å². The Kier molecular flexibility index (Phi) is 3.54. The van der Waals surface area contributed by atoms with Crippen molar-refractivity contribution in [2.75, 3.05) is 6.61 Å². The maximum atomic E-state index is 12.1. The Morgan fingerprint density at radius 3 is 2.09 bits per heavy atom. The van der Waals surface area contributed by atoms with Crippen molar-refractivity contribution in [3.63, 3.8) is 0 Å². The van der Waals surface area contributed by atoms with Crippen LogP contribution in [-0.2, 0) is 18.8 Å². The Morgan fingerprint density at radius 2 is 1.70 bits per heavy atom. The van der Waals surface area contributed by atoms with Crippen LogP contribution in [0, 0.1) is 29.1 Å². The van der Waals surface area contributed by atoms with Crippen molar-refractivity contribution in [1.29, 1.82) is 0 Å². The molecule has 4 nitrogen and oxygen atoms in total. The number of fused-ring (bicyclic) bond motifs is 5. The van der Waals surface area contributed by atoms with E-state index in [9.17, 15) is 9.59 Å². The second-order valence-corrected chi connectivity index (χ2v) is 13.4. The molecule has 1 saturated carbocycles. The minimum Gasteiger partial charge on any atom is -0.416 e. The smallest absolute Gasteiger partial charge is 0.318 e. The number of carbonyl (C=O) groups is 2. The topological polar surface area (TPSA) is 52.6 Å². The molecule has 0 N–H and O–H groups in total. The van der Waals surface area contributed by atoms with E-state index >= 15 is 0 Å². The standard InChI is InChI=1S/C18H26O4Si/c1-7-18(10-21-23(5,6)17(2,3)4)11-8-9-12(18)14-13(11)15(19)22-16(14)20/h7-9,11-14H,1,10H2,2-6H3/t11-,12+,13+,14-,18?. The van der Waals surface area contributed by atoms with E-state index in [4.69, 9.17) is 9.16 Å². The first-order chi connectivity index (χ1) is 10.5. The van der Waals surface area contributed by atoms with Gasteiger partial charge in [0.25, 0.3) is 0 Å². The average Bonchev–Trinajstić information content (AvgIpc) is 3.04. The summed E-state index contributed by atoms with van der Waals surface area (Å²) in [5, 5.41) is 0.116. The molecule has 126 valence electrons. The van der Waals surface area contributed by atoms with Crippen molar-refractivity contribution in [3.05, 3.63) is 24.8 Å². The molecular weight excluding hydrogens is 308 g/mol. The number of rotatable bonds is 4. The Bertz CT molecular complexity index is 569. The van der Waals surface area contributed by atoms with Gasteiger partial charge in [-0.3, -0.25) is 9.59 Å². The van der Waals surface area contributed by atoms with Gasteiger partial charge < -0.3 is 9.16 Å². The largest absolute Gasteiger partial charge is 0.416 e. The molecule has 1 aliphatic heterocycles. The predicted octanol–water partition coefficient (Wildman–Crippen LogP) is 3.31. The minimum absolute atomic E-state index is 0.0429. The molecule has 5 atom stereocenters. The van der Waals surface area contributed by atoms with Gasteiger partial charge in [0.05, 0.1) is 11.8 Å². The third-order valence-corrected chi connectivity index (χ3v) is 11.0. The molecule has 3 rings (SSSR count). The van der Waals surface area contributed by atoms with Gasteiger partial charge in [-0.15, -0.1) is 6.58 Å². The van der Waals surface area contributed by atoms with Crippen LogP contribution < -0.4 is 0 Å². The highest BCUT2D eigenvalue weighted by Crippen LogP contribution is 2.63. The van der Waals surface area contributed by atoms with E-state index in [2.05, 4.69) is 52.6 Å². The van der Waals surface area contributed by atoms with Crippen LogP contribution in [0.25, 0.3) is 0 Å². The number of hydrogen-bond donors (Lipinski definition) is 0. The van der Waals surface area contributed by atoms with Crippen molar-refractivity contribution in [3.8, 4) is 0 Å². The molecule has 1 heterocycles. The average molecular weight is 334 g/mol. The van der Waals surface area contributed by atoms with E-state index in [1.807, 2.05) is 6.08 Å².